The molecule has 0 saturated carbocycles. The fourth-order valence-corrected chi connectivity index (χ4v) is 3.84. The molecule has 1 heterocycles. The van der Waals surface area contributed by atoms with Crippen molar-refractivity contribution < 1.29 is 28.7 Å². The van der Waals surface area contributed by atoms with E-state index in [1.807, 2.05) is 0 Å². The van der Waals surface area contributed by atoms with Crippen LogP contribution in [0.1, 0.15) is 23.2 Å². The van der Waals surface area contributed by atoms with Crippen LogP contribution in [0.4, 0.5) is 5.69 Å². The largest absolute Gasteiger partial charge is 0.497 e. The number of benzene rings is 2. The third-order valence-corrected chi connectivity index (χ3v) is 5.59. The zero-order valence-corrected chi connectivity index (χ0v) is 17.8. The van der Waals surface area contributed by atoms with Crippen molar-refractivity contribution in [2.45, 2.75) is 17.7 Å². The molecule has 0 atom stereocenters. The first-order valence-electron chi connectivity index (χ1n) is 9.64. The molecule has 0 aliphatic carbocycles. The average Bonchev–Trinajstić information content (AvgIpc) is 3.22. The molecule has 1 saturated heterocycles. The normalized spacial score (nSPS) is 13.1. The number of nitrogens with zero attached hydrogens (tertiary/aromatic N) is 1. The molecule has 0 spiro atoms. The number of nitrogens with one attached hydrogen (secondary N) is 1. The van der Waals surface area contributed by atoms with E-state index in [0.717, 1.165) is 4.90 Å². The Hall–Kier alpha value is -3.33. The Kier molecular flexibility index (Phi) is 7.66. The lowest BCUT2D eigenvalue weighted by Crippen LogP contribution is -2.35. The number of hydrogen-bond donors (Lipinski definition) is 1. The lowest BCUT2D eigenvalue weighted by Gasteiger charge is -2.14. The van der Waals surface area contributed by atoms with Crippen LogP contribution in [-0.4, -0.2) is 54.6 Å². The molecule has 3 amide bonds. The number of thioether (sulfide) groups is 1. The minimum atomic E-state index is -0.684. The number of amides is 3. The van der Waals surface area contributed by atoms with Crippen LogP contribution in [0.25, 0.3) is 0 Å². The second kappa shape index (κ2) is 10.6. The van der Waals surface area contributed by atoms with E-state index >= 15 is 0 Å². The molecule has 1 N–H and O–H groups in total. The van der Waals surface area contributed by atoms with Crippen LogP contribution in [0.2, 0.25) is 0 Å². The summed E-state index contributed by atoms with van der Waals surface area (Å²) in [6.07, 6.45) is 0.951. The van der Waals surface area contributed by atoms with E-state index in [1.165, 1.54) is 11.8 Å². The van der Waals surface area contributed by atoms with Gasteiger partial charge < -0.3 is 14.8 Å². The van der Waals surface area contributed by atoms with E-state index in [-0.39, 0.29) is 23.1 Å². The summed E-state index contributed by atoms with van der Waals surface area (Å²) in [4.78, 5) is 50.1. The maximum absolute atomic E-state index is 12.5. The van der Waals surface area contributed by atoms with E-state index < -0.39 is 18.5 Å². The van der Waals surface area contributed by atoms with Crippen molar-refractivity contribution in [3.05, 3.63) is 54.1 Å². The smallest absolute Gasteiger partial charge is 0.339 e. The molecule has 0 bridgehead atoms. The monoisotopic (exact) mass is 442 g/mol. The highest BCUT2D eigenvalue weighted by Crippen LogP contribution is 2.24. The van der Waals surface area contributed by atoms with E-state index in [4.69, 9.17) is 9.47 Å². The Labute approximate surface area is 183 Å². The van der Waals surface area contributed by atoms with Gasteiger partial charge >= 0.3 is 5.97 Å². The molecule has 31 heavy (non-hydrogen) atoms. The van der Waals surface area contributed by atoms with Crippen LogP contribution in [0.15, 0.2) is 53.4 Å². The van der Waals surface area contributed by atoms with Crippen molar-refractivity contribution in [1.82, 2.24) is 4.90 Å². The molecule has 162 valence electrons. The Bertz CT molecular complexity index is 993. The van der Waals surface area contributed by atoms with Crippen molar-refractivity contribution in [3.63, 3.8) is 0 Å². The molecule has 9 heteroatoms. The number of ether oxygens (including phenoxy) is 2. The number of rotatable bonds is 8. The maximum atomic E-state index is 12.5. The average molecular weight is 442 g/mol. The van der Waals surface area contributed by atoms with Gasteiger partial charge in [0.15, 0.2) is 6.61 Å². The second-order valence-electron chi connectivity index (χ2n) is 6.68. The van der Waals surface area contributed by atoms with Crippen molar-refractivity contribution in [3.8, 4) is 5.75 Å². The lowest BCUT2D eigenvalue weighted by atomic mass is 10.2. The molecule has 1 aliphatic heterocycles. The number of esters is 1. The summed E-state index contributed by atoms with van der Waals surface area (Å²) in [5.41, 5.74) is 0.856. The van der Waals surface area contributed by atoms with Crippen LogP contribution in [0.3, 0.4) is 0 Å². The third kappa shape index (κ3) is 6.08. The van der Waals surface area contributed by atoms with Crippen LogP contribution in [-0.2, 0) is 19.1 Å². The van der Waals surface area contributed by atoms with Gasteiger partial charge in [-0.15, -0.1) is 11.8 Å². The number of imide groups is 1. The van der Waals surface area contributed by atoms with Crippen molar-refractivity contribution in [2.24, 2.45) is 0 Å². The number of methoxy groups -OCH3 is 1. The van der Waals surface area contributed by atoms with Gasteiger partial charge in [-0.2, -0.15) is 0 Å². The van der Waals surface area contributed by atoms with Gasteiger partial charge in [0, 0.05) is 29.6 Å². The molecule has 0 unspecified atom stereocenters. The Morgan fingerprint density at radius 1 is 1.13 bits per heavy atom. The number of carbonyl (C=O) groups is 4. The van der Waals surface area contributed by atoms with Gasteiger partial charge in [0.25, 0.3) is 5.91 Å². The van der Waals surface area contributed by atoms with Gasteiger partial charge in [0.05, 0.1) is 18.4 Å². The topological polar surface area (TPSA) is 102 Å². The summed E-state index contributed by atoms with van der Waals surface area (Å²) < 4.78 is 10.2. The van der Waals surface area contributed by atoms with Gasteiger partial charge in [-0.3, -0.25) is 19.3 Å². The molecule has 0 radical (unpaired) electrons. The van der Waals surface area contributed by atoms with E-state index in [2.05, 4.69) is 5.32 Å². The van der Waals surface area contributed by atoms with Crippen LogP contribution >= 0.6 is 11.8 Å². The molecule has 1 aliphatic rings. The molecule has 8 nitrogen and oxygen atoms in total. The van der Waals surface area contributed by atoms with Gasteiger partial charge in [-0.05, 0) is 30.7 Å². The Balaban J connectivity index is 1.55. The fraction of sp³-hybridized carbons (Fsp3) is 0.273. The molecule has 1 fully saturated rings. The summed E-state index contributed by atoms with van der Waals surface area (Å²) in [5, 5.41) is 2.77. The number of carbonyl (C=O) groups excluding carboxylic acids is 4. The Morgan fingerprint density at radius 2 is 1.94 bits per heavy atom. The standard InChI is InChI=1S/C22H22N2O6S/c1-29-16-7-4-6-15(12-16)23-19(25)14-31-18-9-3-2-8-17(18)22(28)30-13-21(27)24-11-5-10-20(24)26/h2-4,6-9,12H,5,10-11,13-14H2,1H3,(H,23,25). The Morgan fingerprint density at radius 3 is 2.68 bits per heavy atom. The molecule has 3 rings (SSSR count). The molecular weight excluding hydrogens is 420 g/mol. The molecular formula is C22H22N2O6S. The highest BCUT2D eigenvalue weighted by Gasteiger charge is 2.27. The van der Waals surface area contributed by atoms with Crippen molar-refractivity contribution in [2.75, 3.05) is 31.3 Å². The molecule has 2 aromatic carbocycles. The van der Waals surface area contributed by atoms with Gasteiger partial charge in [0.1, 0.15) is 5.75 Å². The first-order chi connectivity index (χ1) is 15.0. The maximum Gasteiger partial charge on any atom is 0.339 e. The number of likely N-dealkylation sites (tertiary alicyclic amines) is 1. The summed E-state index contributed by atoms with van der Waals surface area (Å²) >= 11 is 1.18. The van der Waals surface area contributed by atoms with Gasteiger partial charge in [-0.1, -0.05) is 18.2 Å². The third-order valence-electron chi connectivity index (χ3n) is 4.52. The summed E-state index contributed by atoms with van der Waals surface area (Å²) in [6, 6.07) is 13.7. The fourth-order valence-electron chi connectivity index (χ4n) is 3.00. The van der Waals surface area contributed by atoms with E-state index in [1.54, 1.807) is 55.6 Å². The van der Waals surface area contributed by atoms with E-state index in [9.17, 15) is 19.2 Å². The SMILES string of the molecule is COc1cccc(NC(=O)CSc2ccccc2C(=O)OCC(=O)N2CCCC2=O)c1. The molecule has 0 aromatic heterocycles. The summed E-state index contributed by atoms with van der Waals surface area (Å²) in [6.45, 7) is -0.149. The van der Waals surface area contributed by atoms with Crippen LogP contribution in [0.5, 0.6) is 5.75 Å². The predicted octanol–water partition coefficient (Wildman–Crippen LogP) is 2.73. The van der Waals surface area contributed by atoms with Crippen LogP contribution in [0, 0.1) is 0 Å². The minimum Gasteiger partial charge on any atom is -0.497 e. The predicted molar refractivity (Wildman–Crippen MR) is 115 cm³/mol. The zero-order valence-electron chi connectivity index (χ0n) is 17.0. The quantitative estimate of drug-likeness (QED) is 0.495. The number of hydrogen-bond acceptors (Lipinski definition) is 7. The van der Waals surface area contributed by atoms with Gasteiger partial charge in [0.2, 0.25) is 11.8 Å². The minimum absolute atomic E-state index is 0.0721. The lowest BCUT2D eigenvalue weighted by molar-refractivity contribution is -0.143. The highest BCUT2D eigenvalue weighted by atomic mass is 32.2. The number of anilines is 1. The summed E-state index contributed by atoms with van der Waals surface area (Å²) in [7, 11) is 1.55. The van der Waals surface area contributed by atoms with Crippen LogP contribution < -0.4 is 10.1 Å². The highest BCUT2D eigenvalue weighted by molar-refractivity contribution is 8.00. The molecule has 2 aromatic rings. The zero-order chi connectivity index (χ0) is 22.2. The van der Waals surface area contributed by atoms with Gasteiger partial charge in [-0.25, -0.2) is 4.79 Å². The summed E-state index contributed by atoms with van der Waals surface area (Å²) in [5.74, 6) is -1.01. The first kappa shape index (κ1) is 22.4. The first-order valence-corrected chi connectivity index (χ1v) is 10.6. The van der Waals surface area contributed by atoms with Crippen molar-refractivity contribution >= 4 is 41.1 Å². The van der Waals surface area contributed by atoms with Crippen molar-refractivity contribution in [1.29, 1.82) is 0 Å². The second-order valence-corrected chi connectivity index (χ2v) is 7.70. The van der Waals surface area contributed by atoms with E-state index in [0.29, 0.717) is 35.7 Å².